The Balaban J connectivity index is 1.58. The highest BCUT2D eigenvalue weighted by Gasteiger charge is 2.48. The second-order valence-electron chi connectivity index (χ2n) is 8.12. The molecule has 10 nitrogen and oxygen atoms in total. The highest BCUT2D eigenvalue weighted by Crippen LogP contribution is 2.28. The lowest BCUT2D eigenvalue weighted by atomic mass is 9.93. The fourth-order valence-corrected chi connectivity index (χ4v) is 4.00. The van der Waals surface area contributed by atoms with E-state index in [-0.39, 0.29) is 12.4 Å². The van der Waals surface area contributed by atoms with Gasteiger partial charge in [0.15, 0.2) is 6.10 Å². The van der Waals surface area contributed by atoms with Crippen LogP contribution in [0.25, 0.3) is 6.08 Å². The SMILES string of the molecule is O=C(O)C1OC(Oc2ccc(/C=C3\CCCN=C3c3cccnc3)c(CO)c2)C(O)C(O)C1O. The minimum atomic E-state index is -1.81. The Hall–Kier alpha value is -3.15. The van der Waals surface area contributed by atoms with Gasteiger partial charge in [-0.2, -0.15) is 0 Å². The molecule has 5 unspecified atom stereocenters. The highest BCUT2D eigenvalue weighted by molar-refractivity contribution is 6.15. The maximum atomic E-state index is 11.3. The van der Waals surface area contributed by atoms with Gasteiger partial charge in [0.2, 0.25) is 6.29 Å². The number of pyridine rings is 1. The van der Waals surface area contributed by atoms with E-state index in [1.54, 1.807) is 30.6 Å². The highest BCUT2D eigenvalue weighted by atomic mass is 16.7. The predicted octanol–water partition coefficient (Wildman–Crippen LogP) is 0.511. The summed E-state index contributed by atoms with van der Waals surface area (Å²) in [5, 5.41) is 49.1. The van der Waals surface area contributed by atoms with Crippen LogP contribution in [-0.4, -0.2) is 79.4 Å². The number of benzene rings is 1. The van der Waals surface area contributed by atoms with Gasteiger partial charge in [0, 0.05) is 24.5 Å². The molecule has 0 saturated carbocycles. The summed E-state index contributed by atoms with van der Waals surface area (Å²) in [4.78, 5) is 20.1. The number of aliphatic hydroxyl groups is 4. The van der Waals surface area contributed by atoms with Crippen LogP contribution in [0.1, 0.15) is 29.5 Å². The van der Waals surface area contributed by atoms with E-state index < -0.39 is 36.7 Å². The molecule has 180 valence electrons. The number of aliphatic hydroxyl groups excluding tert-OH is 4. The van der Waals surface area contributed by atoms with E-state index in [0.29, 0.717) is 5.56 Å². The van der Waals surface area contributed by atoms with Gasteiger partial charge in [-0.25, -0.2) is 4.79 Å². The third-order valence-corrected chi connectivity index (χ3v) is 5.79. The molecular weight excluding hydrogens is 444 g/mol. The van der Waals surface area contributed by atoms with Gasteiger partial charge >= 0.3 is 5.97 Å². The second kappa shape index (κ2) is 10.4. The maximum Gasteiger partial charge on any atom is 0.335 e. The number of aliphatic imine (C=N–C) groups is 1. The van der Waals surface area contributed by atoms with Gasteiger partial charge in [0.1, 0.15) is 24.1 Å². The summed E-state index contributed by atoms with van der Waals surface area (Å²) in [5.41, 5.74) is 4.05. The normalized spacial score (nSPS) is 28.4. The van der Waals surface area contributed by atoms with Gasteiger partial charge in [-0.05, 0) is 59.9 Å². The molecule has 5 atom stereocenters. The van der Waals surface area contributed by atoms with Crippen LogP contribution in [0, 0.1) is 0 Å². The number of allylic oxidation sites excluding steroid dienone is 1. The van der Waals surface area contributed by atoms with Crippen molar-refractivity contribution >= 4 is 17.8 Å². The topological polar surface area (TPSA) is 162 Å². The van der Waals surface area contributed by atoms with Crippen molar-refractivity contribution in [3.05, 3.63) is 65.0 Å². The van der Waals surface area contributed by atoms with Crippen LogP contribution >= 0.6 is 0 Å². The number of aromatic nitrogens is 1. The zero-order valence-electron chi connectivity index (χ0n) is 18.2. The van der Waals surface area contributed by atoms with Crippen LogP contribution in [-0.2, 0) is 16.1 Å². The molecule has 1 saturated heterocycles. The van der Waals surface area contributed by atoms with Gasteiger partial charge in [0.05, 0.1) is 12.3 Å². The lowest BCUT2D eigenvalue weighted by Gasteiger charge is -2.38. The monoisotopic (exact) mass is 470 g/mol. The Morgan fingerprint density at radius 2 is 2.00 bits per heavy atom. The van der Waals surface area contributed by atoms with Crippen LogP contribution < -0.4 is 4.74 Å². The average Bonchev–Trinajstić information content (AvgIpc) is 2.85. The summed E-state index contributed by atoms with van der Waals surface area (Å²) in [5.74, 6) is -1.31. The predicted molar refractivity (Wildman–Crippen MR) is 120 cm³/mol. The molecule has 2 aromatic rings. The van der Waals surface area contributed by atoms with Crippen molar-refractivity contribution in [1.29, 1.82) is 0 Å². The fraction of sp³-hybridized carbons (Fsp3) is 0.375. The lowest BCUT2D eigenvalue weighted by Crippen LogP contribution is -2.61. The number of aliphatic carboxylic acids is 1. The van der Waals surface area contributed by atoms with E-state index in [1.807, 2.05) is 18.2 Å². The number of carboxylic acid groups (broad SMARTS) is 1. The van der Waals surface area contributed by atoms with E-state index in [1.165, 1.54) is 0 Å². The summed E-state index contributed by atoms with van der Waals surface area (Å²) in [6.45, 7) is 0.422. The number of carboxylic acids is 1. The van der Waals surface area contributed by atoms with Crippen molar-refractivity contribution in [3.8, 4) is 5.75 Å². The molecule has 1 aromatic heterocycles. The molecule has 3 heterocycles. The van der Waals surface area contributed by atoms with Crippen LogP contribution in [0.4, 0.5) is 0 Å². The molecule has 5 N–H and O–H groups in total. The van der Waals surface area contributed by atoms with Gasteiger partial charge < -0.3 is 35.0 Å². The molecule has 0 bridgehead atoms. The first kappa shape index (κ1) is 24.0. The van der Waals surface area contributed by atoms with Crippen molar-refractivity contribution in [2.45, 2.75) is 50.2 Å². The molecule has 1 fully saturated rings. The number of nitrogens with zero attached hydrogens (tertiary/aromatic N) is 2. The third kappa shape index (κ3) is 5.01. The van der Waals surface area contributed by atoms with E-state index in [9.17, 15) is 30.3 Å². The summed E-state index contributed by atoms with van der Waals surface area (Å²) < 4.78 is 10.7. The van der Waals surface area contributed by atoms with Crippen molar-refractivity contribution in [2.24, 2.45) is 4.99 Å². The van der Waals surface area contributed by atoms with Gasteiger partial charge in [0.25, 0.3) is 0 Å². The largest absolute Gasteiger partial charge is 0.479 e. The summed E-state index contributed by atoms with van der Waals surface area (Å²) in [7, 11) is 0. The molecule has 2 aliphatic heterocycles. The van der Waals surface area contributed by atoms with Gasteiger partial charge in [-0.3, -0.25) is 9.98 Å². The molecular formula is C24H26N2O8. The zero-order valence-corrected chi connectivity index (χ0v) is 18.2. The fourth-order valence-electron chi connectivity index (χ4n) is 4.00. The molecule has 1 aromatic carbocycles. The molecule has 10 heteroatoms. The summed E-state index contributed by atoms with van der Waals surface area (Å²) in [6.07, 6.45) is -1.41. The molecule has 2 aliphatic rings. The van der Waals surface area contributed by atoms with Crippen LogP contribution in [0.5, 0.6) is 5.75 Å². The number of ether oxygens (including phenoxy) is 2. The number of hydrogen-bond donors (Lipinski definition) is 5. The first-order chi connectivity index (χ1) is 16.4. The quantitative estimate of drug-likeness (QED) is 0.405. The minimum Gasteiger partial charge on any atom is -0.479 e. The summed E-state index contributed by atoms with van der Waals surface area (Å²) in [6, 6.07) is 8.64. The molecule has 34 heavy (non-hydrogen) atoms. The molecule has 4 rings (SSSR count). The van der Waals surface area contributed by atoms with Gasteiger partial charge in [-0.15, -0.1) is 0 Å². The van der Waals surface area contributed by atoms with Crippen molar-refractivity contribution in [3.63, 3.8) is 0 Å². The smallest absolute Gasteiger partial charge is 0.335 e. The minimum absolute atomic E-state index is 0.188. The first-order valence-corrected chi connectivity index (χ1v) is 10.9. The van der Waals surface area contributed by atoms with E-state index in [2.05, 4.69) is 9.98 Å². The third-order valence-electron chi connectivity index (χ3n) is 5.79. The van der Waals surface area contributed by atoms with E-state index in [0.717, 1.165) is 41.8 Å². The molecule has 0 spiro atoms. The maximum absolute atomic E-state index is 11.3. The van der Waals surface area contributed by atoms with E-state index >= 15 is 0 Å². The zero-order chi connectivity index (χ0) is 24.2. The van der Waals surface area contributed by atoms with Gasteiger partial charge in [-0.1, -0.05) is 6.07 Å². The number of carbonyl (C=O) groups is 1. The molecule has 0 aliphatic carbocycles. The van der Waals surface area contributed by atoms with Crippen LogP contribution in [0.3, 0.4) is 0 Å². The van der Waals surface area contributed by atoms with Crippen molar-refractivity contribution in [1.82, 2.24) is 4.98 Å². The Kier molecular flexibility index (Phi) is 7.35. The van der Waals surface area contributed by atoms with Crippen LogP contribution in [0.2, 0.25) is 0 Å². The Morgan fingerprint density at radius 1 is 1.18 bits per heavy atom. The molecule has 0 amide bonds. The Morgan fingerprint density at radius 3 is 2.71 bits per heavy atom. The van der Waals surface area contributed by atoms with E-state index in [4.69, 9.17) is 9.47 Å². The number of hydrogen-bond acceptors (Lipinski definition) is 9. The second-order valence-corrected chi connectivity index (χ2v) is 8.12. The Labute approximate surface area is 195 Å². The lowest BCUT2D eigenvalue weighted by molar-refractivity contribution is -0.271. The molecule has 0 radical (unpaired) electrons. The average molecular weight is 470 g/mol. The first-order valence-electron chi connectivity index (χ1n) is 10.9. The summed E-state index contributed by atoms with van der Waals surface area (Å²) >= 11 is 0. The Bertz CT molecular complexity index is 1090. The van der Waals surface area contributed by atoms with Crippen LogP contribution in [0.15, 0.2) is 53.3 Å². The number of rotatable bonds is 6. The standard InChI is InChI=1S/C24H26N2O8/c27-12-16-10-17(33-24-21(30)19(28)20(29)22(34-24)23(31)32)6-5-13(16)9-14-3-2-8-26-18(14)15-4-1-7-25-11-15/h1,4-7,9-11,19-22,24,27-30H,2-3,8,12H2,(H,31,32)/b14-9+. The van der Waals surface area contributed by atoms with Crippen molar-refractivity contribution in [2.75, 3.05) is 6.54 Å². The van der Waals surface area contributed by atoms with Crippen molar-refractivity contribution < 1.29 is 39.8 Å².